The van der Waals surface area contributed by atoms with Crippen LogP contribution in [0, 0.1) is 6.92 Å². The largest absolute Gasteiger partial charge is 0.389 e. The van der Waals surface area contributed by atoms with Gasteiger partial charge in [0.2, 0.25) is 0 Å². The topological polar surface area (TPSA) is 20.2 Å². The molecule has 0 radical (unpaired) electrons. The maximum Gasteiger partial charge on any atom is 0.0785 e. The summed E-state index contributed by atoms with van der Waals surface area (Å²) in [6, 6.07) is 6.00. The van der Waals surface area contributed by atoms with Gasteiger partial charge in [0.15, 0.2) is 0 Å². The predicted molar refractivity (Wildman–Crippen MR) is 66.8 cm³/mol. The van der Waals surface area contributed by atoms with Gasteiger partial charge in [0.05, 0.1) is 5.60 Å². The summed E-state index contributed by atoms with van der Waals surface area (Å²) in [6.45, 7) is 2.00. The molecule has 1 nitrogen and oxygen atoms in total. The number of aliphatic hydroxyl groups is 1. The van der Waals surface area contributed by atoms with Crippen LogP contribution >= 0.6 is 23.4 Å². The lowest BCUT2D eigenvalue weighted by molar-refractivity contribution is 0.0686. The van der Waals surface area contributed by atoms with Crippen molar-refractivity contribution >= 4 is 23.4 Å². The van der Waals surface area contributed by atoms with Gasteiger partial charge in [0.1, 0.15) is 0 Å². The van der Waals surface area contributed by atoms with Crippen molar-refractivity contribution in [3.63, 3.8) is 0 Å². The number of rotatable bonds is 2. The van der Waals surface area contributed by atoms with Crippen molar-refractivity contribution in [1.82, 2.24) is 0 Å². The van der Waals surface area contributed by atoms with Crippen LogP contribution < -0.4 is 0 Å². The highest BCUT2D eigenvalue weighted by Crippen LogP contribution is 2.31. The van der Waals surface area contributed by atoms with Crippen molar-refractivity contribution < 1.29 is 5.11 Å². The van der Waals surface area contributed by atoms with Gasteiger partial charge in [-0.2, -0.15) is 11.8 Å². The summed E-state index contributed by atoms with van der Waals surface area (Å²) >= 11 is 7.80. The monoisotopic (exact) mass is 242 g/mol. The van der Waals surface area contributed by atoms with E-state index in [0.29, 0.717) is 0 Å². The van der Waals surface area contributed by atoms with Crippen LogP contribution in [0.3, 0.4) is 0 Å². The van der Waals surface area contributed by atoms with E-state index in [9.17, 15) is 5.11 Å². The van der Waals surface area contributed by atoms with Crippen molar-refractivity contribution in [3.05, 3.63) is 34.3 Å². The van der Waals surface area contributed by atoms with Crippen LogP contribution in [0.5, 0.6) is 0 Å². The zero-order valence-electron chi connectivity index (χ0n) is 8.79. The maximum absolute atomic E-state index is 10.3. The molecule has 1 aromatic carbocycles. The minimum absolute atomic E-state index is 0.495. The van der Waals surface area contributed by atoms with Crippen molar-refractivity contribution in [2.45, 2.75) is 25.4 Å². The van der Waals surface area contributed by atoms with E-state index in [4.69, 9.17) is 11.6 Å². The van der Waals surface area contributed by atoms with Crippen molar-refractivity contribution in [3.8, 4) is 0 Å². The molecule has 15 heavy (non-hydrogen) atoms. The summed E-state index contributed by atoms with van der Waals surface area (Å²) in [5.41, 5.74) is 1.77. The van der Waals surface area contributed by atoms with E-state index >= 15 is 0 Å². The molecule has 0 saturated carbocycles. The Morgan fingerprint density at radius 3 is 2.93 bits per heavy atom. The third-order valence-corrected chi connectivity index (χ3v) is 4.50. The first-order valence-electron chi connectivity index (χ1n) is 5.14. The molecule has 0 aromatic heterocycles. The molecule has 1 heterocycles. The quantitative estimate of drug-likeness (QED) is 0.860. The van der Waals surface area contributed by atoms with Crippen LogP contribution in [0.4, 0.5) is 0 Å². The highest BCUT2D eigenvalue weighted by molar-refractivity contribution is 7.99. The Morgan fingerprint density at radius 2 is 2.33 bits per heavy atom. The van der Waals surface area contributed by atoms with E-state index in [2.05, 4.69) is 6.07 Å². The van der Waals surface area contributed by atoms with Crippen molar-refractivity contribution in [1.29, 1.82) is 0 Å². The third-order valence-electron chi connectivity index (χ3n) is 2.84. The van der Waals surface area contributed by atoms with E-state index in [1.807, 2.05) is 30.8 Å². The number of benzene rings is 1. The Bertz CT molecular complexity index is 359. The molecular formula is C12H15ClOS. The SMILES string of the molecule is Cc1cc(CC2(O)CCSC2)ccc1Cl. The molecule has 0 bridgehead atoms. The molecule has 1 aromatic rings. The predicted octanol–water partition coefficient (Wildman–Crippen LogP) is 3.06. The molecule has 1 atom stereocenters. The van der Waals surface area contributed by atoms with E-state index < -0.39 is 5.60 Å². The molecule has 0 aliphatic carbocycles. The Morgan fingerprint density at radius 1 is 1.53 bits per heavy atom. The highest BCUT2D eigenvalue weighted by atomic mass is 35.5. The Balaban J connectivity index is 2.13. The minimum atomic E-state index is -0.495. The Hall–Kier alpha value is -0.180. The standard InChI is InChI=1S/C12H15ClOS/c1-9-6-10(2-3-11(9)13)7-12(14)4-5-15-8-12/h2-3,6,14H,4-5,7-8H2,1H3. The van der Waals surface area contributed by atoms with Gasteiger partial charge in [-0.15, -0.1) is 0 Å². The number of hydrogen-bond acceptors (Lipinski definition) is 2. The number of thioether (sulfide) groups is 1. The lowest BCUT2D eigenvalue weighted by Gasteiger charge is -2.21. The van der Waals surface area contributed by atoms with Gasteiger partial charge in [-0.1, -0.05) is 23.7 Å². The summed E-state index contributed by atoms with van der Waals surface area (Å²) in [4.78, 5) is 0. The molecule has 1 N–H and O–H groups in total. The fraction of sp³-hybridized carbons (Fsp3) is 0.500. The number of aryl methyl sites for hydroxylation is 1. The van der Waals surface area contributed by atoms with Gasteiger partial charge in [0.25, 0.3) is 0 Å². The van der Waals surface area contributed by atoms with Crippen LogP contribution in [0.25, 0.3) is 0 Å². The molecule has 0 amide bonds. The van der Waals surface area contributed by atoms with Crippen molar-refractivity contribution in [2.24, 2.45) is 0 Å². The zero-order chi connectivity index (χ0) is 10.9. The second kappa shape index (κ2) is 4.36. The first-order chi connectivity index (χ1) is 7.09. The van der Waals surface area contributed by atoms with Crippen LogP contribution in [-0.2, 0) is 6.42 Å². The first kappa shape index (κ1) is 11.3. The molecule has 3 heteroatoms. The first-order valence-corrected chi connectivity index (χ1v) is 6.67. The molecule has 1 fully saturated rings. The summed E-state index contributed by atoms with van der Waals surface area (Å²) < 4.78 is 0. The van der Waals surface area contributed by atoms with E-state index in [1.165, 1.54) is 5.56 Å². The minimum Gasteiger partial charge on any atom is -0.389 e. The molecule has 0 spiro atoms. The average molecular weight is 243 g/mol. The van der Waals surface area contributed by atoms with Gasteiger partial charge in [0, 0.05) is 17.2 Å². The van der Waals surface area contributed by atoms with Gasteiger partial charge in [-0.05, 0) is 36.3 Å². The van der Waals surface area contributed by atoms with Gasteiger partial charge >= 0.3 is 0 Å². The fourth-order valence-electron chi connectivity index (χ4n) is 1.93. The third kappa shape index (κ3) is 2.68. The molecule has 1 aliphatic heterocycles. The highest BCUT2D eigenvalue weighted by Gasteiger charge is 2.31. The molecule has 1 aliphatic rings. The zero-order valence-corrected chi connectivity index (χ0v) is 10.4. The van der Waals surface area contributed by atoms with Gasteiger partial charge in [-0.25, -0.2) is 0 Å². The normalized spacial score (nSPS) is 25.8. The van der Waals surface area contributed by atoms with Crippen LogP contribution in [0.1, 0.15) is 17.5 Å². The molecular weight excluding hydrogens is 228 g/mol. The van der Waals surface area contributed by atoms with E-state index in [1.54, 1.807) is 0 Å². The number of hydrogen-bond donors (Lipinski definition) is 1. The lowest BCUT2D eigenvalue weighted by Crippen LogP contribution is -2.30. The molecule has 1 unspecified atom stereocenters. The Kier molecular flexibility index (Phi) is 3.29. The summed E-state index contributed by atoms with van der Waals surface area (Å²) in [6.07, 6.45) is 1.65. The maximum atomic E-state index is 10.3. The number of halogens is 1. The fourth-order valence-corrected chi connectivity index (χ4v) is 3.35. The van der Waals surface area contributed by atoms with Crippen LogP contribution in [-0.4, -0.2) is 22.2 Å². The summed E-state index contributed by atoms with van der Waals surface area (Å²) in [5, 5.41) is 11.0. The van der Waals surface area contributed by atoms with Crippen molar-refractivity contribution in [2.75, 3.05) is 11.5 Å². The lowest BCUT2D eigenvalue weighted by atomic mass is 9.93. The second-order valence-electron chi connectivity index (χ2n) is 4.29. The van der Waals surface area contributed by atoms with Gasteiger partial charge in [-0.3, -0.25) is 0 Å². The van der Waals surface area contributed by atoms with E-state index in [0.717, 1.165) is 34.9 Å². The second-order valence-corrected chi connectivity index (χ2v) is 5.80. The molecule has 1 saturated heterocycles. The average Bonchev–Trinajstić information content (AvgIpc) is 2.59. The van der Waals surface area contributed by atoms with Gasteiger partial charge < -0.3 is 5.11 Å². The smallest absolute Gasteiger partial charge is 0.0785 e. The summed E-state index contributed by atoms with van der Waals surface area (Å²) in [5.74, 6) is 1.93. The Labute approximate surface area is 99.8 Å². The van der Waals surface area contributed by atoms with Crippen LogP contribution in [0.2, 0.25) is 5.02 Å². The molecule has 82 valence electrons. The van der Waals surface area contributed by atoms with Crippen LogP contribution in [0.15, 0.2) is 18.2 Å². The molecule has 2 rings (SSSR count). The summed E-state index contributed by atoms with van der Waals surface area (Å²) in [7, 11) is 0. The van der Waals surface area contributed by atoms with E-state index in [-0.39, 0.29) is 0 Å².